The topological polar surface area (TPSA) is 9.23 Å². The Morgan fingerprint density at radius 2 is 1.00 bits per heavy atom. The largest absolute Gasteiger partial charge is 0.471 e. The number of rotatable bonds is 0. The standard InChI is InChI=1S/C11H22.H6OSi2/c1-9(2)7-8-10(3,4)11(9,5)6;2-1-3/h7-8H2,1-6H3;2-3H3. The monoisotopic (exact) mass is 232 g/mol. The maximum absolute atomic E-state index is 4.53. The van der Waals surface area contributed by atoms with Gasteiger partial charge in [-0.15, -0.1) is 0 Å². The summed E-state index contributed by atoms with van der Waals surface area (Å²) in [5, 5.41) is 0. The van der Waals surface area contributed by atoms with Gasteiger partial charge in [-0.05, 0) is 29.1 Å². The first-order valence-corrected chi connectivity index (χ1v) is 7.16. The molecule has 0 atom stereocenters. The summed E-state index contributed by atoms with van der Waals surface area (Å²) in [6.07, 6.45) is 2.76. The van der Waals surface area contributed by atoms with E-state index in [-0.39, 0.29) is 0 Å². The highest BCUT2D eigenvalue weighted by Gasteiger charge is 2.52. The Hall–Kier alpha value is 0.394. The SMILES string of the molecule is CC1(C)CCC(C)(C)C1(C)C.[SiH3]O[SiH3]. The Balaban J connectivity index is 0.000000500. The Morgan fingerprint density at radius 3 is 1.07 bits per heavy atom. The normalized spacial score (nSPS) is 27.0. The highest BCUT2D eigenvalue weighted by atomic mass is 28.3. The van der Waals surface area contributed by atoms with Crippen LogP contribution in [-0.4, -0.2) is 21.0 Å². The quantitative estimate of drug-likeness (QED) is 0.574. The van der Waals surface area contributed by atoms with Crippen molar-refractivity contribution in [3.63, 3.8) is 0 Å². The summed E-state index contributed by atoms with van der Waals surface area (Å²) < 4.78 is 4.53. The van der Waals surface area contributed by atoms with E-state index in [1.165, 1.54) is 12.8 Å². The van der Waals surface area contributed by atoms with Gasteiger partial charge in [0.1, 0.15) is 21.0 Å². The van der Waals surface area contributed by atoms with Gasteiger partial charge in [0.2, 0.25) is 0 Å². The van der Waals surface area contributed by atoms with Crippen LogP contribution < -0.4 is 0 Å². The van der Waals surface area contributed by atoms with Crippen LogP contribution in [0.1, 0.15) is 54.4 Å². The third kappa shape index (κ3) is 2.50. The van der Waals surface area contributed by atoms with Crippen molar-refractivity contribution >= 4 is 21.0 Å². The zero-order valence-corrected chi connectivity index (χ0v) is 15.3. The highest BCUT2D eigenvalue weighted by molar-refractivity contribution is 6.15. The summed E-state index contributed by atoms with van der Waals surface area (Å²) in [4.78, 5) is 0. The maximum Gasteiger partial charge on any atom is 0.129 e. The van der Waals surface area contributed by atoms with Crippen LogP contribution in [-0.2, 0) is 4.12 Å². The van der Waals surface area contributed by atoms with Crippen molar-refractivity contribution in [3.05, 3.63) is 0 Å². The lowest BCUT2D eigenvalue weighted by atomic mass is 9.61. The van der Waals surface area contributed by atoms with Gasteiger partial charge in [-0.1, -0.05) is 41.5 Å². The molecule has 1 aliphatic rings. The zero-order valence-electron chi connectivity index (χ0n) is 11.3. The molecule has 1 fully saturated rings. The van der Waals surface area contributed by atoms with Gasteiger partial charge in [-0.3, -0.25) is 0 Å². The minimum absolute atomic E-state index is 0.486. The van der Waals surface area contributed by atoms with Crippen molar-refractivity contribution in [1.82, 2.24) is 0 Å². The predicted molar refractivity (Wildman–Crippen MR) is 71.5 cm³/mol. The highest BCUT2D eigenvalue weighted by Crippen LogP contribution is 2.61. The van der Waals surface area contributed by atoms with Gasteiger partial charge in [0.05, 0.1) is 0 Å². The van der Waals surface area contributed by atoms with Crippen LogP contribution in [0.15, 0.2) is 0 Å². The average molecular weight is 233 g/mol. The van der Waals surface area contributed by atoms with Crippen molar-refractivity contribution in [2.45, 2.75) is 54.4 Å². The molecule has 0 amide bonds. The zero-order chi connectivity index (χ0) is 11.6. The average Bonchev–Trinajstić information content (AvgIpc) is 2.14. The third-order valence-electron chi connectivity index (χ3n) is 4.76. The van der Waals surface area contributed by atoms with Crippen LogP contribution in [0.3, 0.4) is 0 Å². The summed E-state index contributed by atoms with van der Waals surface area (Å²) in [5.74, 6) is 0. The fourth-order valence-electron chi connectivity index (χ4n) is 2.17. The van der Waals surface area contributed by atoms with E-state index < -0.39 is 0 Å². The van der Waals surface area contributed by atoms with Crippen LogP contribution in [0.25, 0.3) is 0 Å². The van der Waals surface area contributed by atoms with E-state index >= 15 is 0 Å². The Labute approximate surface area is 96.1 Å². The molecule has 86 valence electrons. The van der Waals surface area contributed by atoms with Crippen LogP contribution >= 0.6 is 0 Å². The number of hydrogen-bond acceptors (Lipinski definition) is 1. The summed E-state index contributed by atoms with van der Waals surface area (Å²) in [7, 11) is 1.86. The molecule has 1 saturated carbocycles. The molecule has 1 aliphatic carbocycles. The first kappa shape index (κ1) is 14.4. The molecular formula is C11H28OSi2. The Morgan fingerprint density at radius 1 is 0.786 bits per heavy atom. The van der Waals surface area contributed by atoms with E-state index in [0.717, 1.165) is 21.0 Å². The molecule has 0 aromatic carbocycles. The first-order valence-electron chi connectivity index (χ1n) is 5.52. The molecule has 14 heavy (non-hydrogen) atoms. The number of hydrogen-bond donors (Lipinski definition) is 0. The molecule has 0 heterocycles. The molecule has 1 nitrogen and oxygen atoms in total. The van der Waals surface area contributed by atoms with Crippen LogP contribution in [0, 0.1) is 16.2 Å². The van der Waals surface area contributed by atoms with Crippen molar-refractivity contribution in [2.75, 3.05) is 0 Å². The molecule has 1 rings (SSSR count). The minimum Gasteiger partial charge on any atom is -0.471 e. The van der Waals surface area contributed by atoms with E-state index in [9.17, 15) is 0 Å². The summed E-state index contributed by atoms with van der Waals surface area (Å²) >= 11 is 0. The molecule has 3 heteroatoms. The molecule has 0 aliphatic heterocycles. The fraction of sp³-hybridized carbons (Fsp3) is 1.00. The van der Waals surface area contributed by atoms with Crippen LogP contribution in [0.5, 0.6) is 0 Å². The second-order valence-corrected chi connectivity index (χ2v) is 9.57. The summed E-state index contributed by atoms with van der Waals surface area (Å²) in [6, 6.07) is 0. The van der Waals surface area contributed by atoms with E-state index in [1.54, 1.807) is 0 Å². The van der Waals surface area contributed by atoms with E-state index in [0.29, 0.717) is 16.2 Å². The van der Waals surface area contributed by atoms with Gasteiger partial charge < -0.3 is 4.12 Å². The first-order chi connectivity index (χ1) is 6.12. The van der Waals surface area contributed by atoms with Gasteiger partial charge in [0.15, 0.2) is 0 Å². The third-order valence-corrected chi connectivity index (χ3v) is 4.76. The van der Waals surface area contributed by atoms with Gasteiger partial charge in [-0.25, -0.2) is 0 Å². The second-order valence-electron chi connectivity index (χ2n) is 6.30. The maximum atomic E-state index is 4.53. The molecular weight excluding hydrogens is 204 g/mol. The van der Waals surface area contributed by atoms with Crippen LogP contribution in [0.4, 0.5) is 0 Å². The van der Waals surface area contributed by atoms with Gasteiger partial charge in [-0.2, -0.15) is 0 Å². The molecule has 0 radical (unpaired) electrons. The van der Waals surface area contributed by atoms with Gasteiger partial charge >= 0.3 is 0 Å². The molecule has 0 bridgehead atoms. The summed E-state index contributed by atoms with van der Waals surface area (Å²) in [5.41, 5.74) is 1.53. The molecule has 0 aromatic heterocycles. The molecule has 0 unspecified atom stereocenters. The van der Waals surface area contributed by atoms with Gasteiger partial charge in [0, 0.05) is 0 Å². The molecule has 0 spiro atoms. The smallest absolute Gasteiger partial charge is 0.129 e. The predicted octanol–water partition coefficient (Wildman–Crippen LogP) is 1.42. The second kappa shape index (κ2) is 4.50. The van der Waals surface area contributed by atoms with E-state index in [4.69, 9.17) is 0 Å². The lowest BCUT2D eigenvalue weighted by Crippen LogP contribution is -2.36. The van der Waals surface area contributed by atoms with Crippen molar-refractivity contribution in [3.8, 4) is 0 Å². The van der Waals surface area contributed by atoms with E-state index in [2.05, 4.69) is 45.7 Å². The van der Waals surface area contributed by atoms with Crippen molar-refractivity contribution < 1.29 is 4.12 Å². The van der Waals surface area contributed by atoms with E-state index in [1.807, 2.05) is 0 Å². The van der Waals surface area contributed by atoms with Crippen LogP contribution in [0.2, 0.25) is 0 Å². The Kier molecular flexibility index (Phi) is 4.62. The summed E-state index contributed by atoms with van der Waals surface area (Å²) in [6.45, 7) is 14.5. The lowest BCUT2D eigenvalue weighted by molar-refractivity contribution is 0.0524. The van der Waals surface area contributed by atoms with Crippen molar-refractivity contribution in [2.24, 2.45) is 16.2 Å². The molecule has 0 aromatic rings. The molecule has 0 N–H and O–H groups in total. The Bertz CT molecular complexity index is 168. The van der Waals surface area contributed by atoms with Crippen molar-refractivity contribution in [1.29, 1.82) is 0 Å². The lowest BCUT2D eigenvalue weighted by Gasteiger charge is -2.44. The fourth-order valence-corrected chi connectivity index (χ4v) is 2.17. The minimum atomic E-state index is 0.486. The molecule has 0 saturated heterocycles. The van der Waals surface area contributed by atoms with Gasteiger partial charge in [0.25, 0.3) is 0 Å².